The van der Waals surface area contributed by atoms with Gasteiger partial charge in [0.2, 0.25) is 5.75 Å². The van der Waals surface area contributed by atoms with E-state index in [1.165, 1.54) is 11.1 Å². The molecule has 2 aliphatic rings. The molecule has 0 unspecified atom stereocenters. The van der Waals surface area contributed by atoms with Crippen LogP contribution in [-0.2, 0) is 13.0 Å². The van der Waals surface area contributed by atoms with E-state index in [1.54, 1.807) is 27.5 Å². The number of anilines is 1. The van der Waals surface area contributed by atoms with E-state index in [9.17, 15) is 4.79 Å². The Kier molecular flexibility index (Phi) is 7.14. The van der Waals surface area contributed by atoms with E-state index in [0.717, 1.165) is 26.1 Å². The lowest BCUT2D eigenvalue weighted by Crippen LogP contribution is -2.47. The molecule has 9 nitrogen and oxygen atoms in total. The molecule has 2 aromatic carbocycles. The van der Waals surface area contributed by atoms with E-state index in [2.05, 4.69) is 46.1 Å². The van der Waals surface area contributed by atoms with Gasteiger partial charge >= 0.3 is 0 Å². The first-order chi connectivity index (χ1) is 18.0. The number of hydrogen-bond donors (Lipinski definition) is 0. The number of benzene rings is 2. The third-order valence-electron chi connectivity index (χ3n) is 7.14. The molecule has 0 bridgehead atoms. The number of fused-ring (bicyclic) bond motifs is 1. The van der Waals surface area contributed by atoms with Crippen LogP contribution in [0.4, 0.5) is 5.82 Å². The van der Waals surface area contributed by atoms with E-state index in [4.69, 9.17) is 19.2 Å². The van der Waals surface area contributed by atoms with Crippen LogP contribution >= 0.6 is 0 Å². The summed E-state index contributed by atoms with van der Waals surface area (Å²) < 4.78 is 16.6. The summed E-state index contributed by atoms with van der Waals surface area (Å²) in [6, 6.07) is 12.1. The Hall–Kier alpha value is -3.85. The third-order valence-corrected chi connectivity index (χ3v) is 7.14. The number of amides is 1. The number of piperazine rings is 1. The van der Waals surface area contributed by atoms with Crippen molar-refractivity contribution in [2.24, 2.45) is 0 Å². The molecular weight excluding hydrogens is 470 g/mol. The van der Waals surface area contributed by atoms with Crippen molar-refractivity contribution in [2.75, 3.05) is 66.0 Å². The predicted molar refractivity (Wildman–Crippen MR) is 142 cm³/mol. The second-order valence-corrected chi connectivity index (χ2v) is 9.38. The summed E-state index contributed by atoms with van der Waals surface area (Å²) in [6.07, 6.45) is 2.56. The third kappa shape index (κ3) is 4.91. The molecule has 0 N–H and O–H groups in total. The monoisotopic (exact) mass is 503 g/mol. The molecule has 0 radical (unpaired) electrons. The van der Waals surface area contributed by atoms with Crippen LogP contribution in [0.2, 0.25) is 0 Å². The molecule has 37 heavy (non-hydrogen) atoms. The number of ether oxygens (including phenoxy) is 3. The Morgan fingerprint density at radius 3 is 2.22 bits per heavy atom. The highest BCUT2D eigenvalue weighted by atomic mass is 16.5. The Balaban J connectivity index is 1.57. The van der Waals surface area contributed by atoms with Crippen molar-refractivity contribution >= 4 is 11.7 Å². The maximum Gasteiger partial charge on any atom is 0.259 e. The predicted octanol–water partition coefficient (Wildman–Crippen LogP) is 3.12. The minimum atomic E-state index is -0.0293. The summed E-state index contributed by atoms with van der Waals surface area (Å²) in [6.45, 7) is 4.53. The summed E-state index contributed by atoms with van der Waals surface area (Å²) in [7, 11) is 6.81. The van der Waals surface area contributed by atoms with E-state index in [0.29, 0.717) is 59.7 Å². The fraction of sp³-hybridized carbons (Fsp3) is 0.393. The number of aromatic nitrogens is 2. The molecule has 1 aromatic heterocycles. The highest BCUT2D eigenvalue weighted by Gasteiger charge is 2.28. The number of carbonyl (C=O) groups is 1. The van der Waals surface area contributed by atoms with Gasteiger partial charge in [-0.2, -0.15) is 0 Å². The highest BCUT2D eigenvalue weighted by molar-refractivity contribution is 5.99. The molecular formula is C28H33N5O4. The van der Waals surface area contributed by atoms with Crippen LogP contribution in [0, 0.1) is 0 Å². The van der Waals surface area contributed by atoms with Gasteiger partial charge in [0.05, 0.1) is 21.3 Å². The van der Waals surface area contributed by atoms with Crippen LogP contribution in [0.1, 0.15) is 21.5 Å². The molecule has 1 fully saturated rings. The summed E-state index contributed by atoms with van der Waals surface area (Å²) >= 11 is 0. The quantitative estimate of drug-likeness (QED) is 0.508. The molecule has 9 heteroatoms. The van der Waals surface area contributed by atoms with Crippen molar-refractivity contribution in [1.82, 2.24) is 19.8 Å². The number of methoxy groups -OCH3 is 3. The van der Waals surface area contributed by atoms with Gasteiger partial charge in [-0.3, -0.25) is 4.79 Å². The molecule has 0 saturated carbocycles. The Morgan fingerprint density at radius 2 is 1.57 bits per heavy atom. The van der Waals surface area contributed by atoms with Crippen LogP contribution in [0.25, 0.3) is 11.4 Å². The van der Waals surface area contributed by atoms with Crippen molar-refractivity contribution in [1.29, 1.82) is 0 Å². The molecule has 2 aliphatic heterocycles. The molecule has 194 valence electrons. The summed E-state index contributed by atoms with van der Waals surface area (Å²) in [5.41, 5.74) is 3.83. The van der Waals surface area contributed by atoms with Gasteiger partial charge in [0.15, 0.2) is 17.3 Å². The standard InChI is InChI=1S/C28H33N5O4/c1-31-11-13-32(14-12-31)28(34)22-17-29-26(21-15-23(35-2)25(37-4)24(16-21)36-3)30-27(22)33-10-9-19-7-5-6-8-20(19)18-33/h5-8,15-17H,9-14,18H2,1-4H3. The van der Waals surface area contributed by atoms with Crippen molar-refractivity contribution in [3.05, 3.63) is 59.3 Å². The highest BCUT2D eigenvalue weighted by Crippen LogP contribution is 2.41. The first-order valence-corrected chi connectivity index (χ1v) is 12.5. The number of rotatable bonds is 6. The lowest BCUT2D eigenvalue weighted by atomic mass is 9.99. The van der Waals surface area contributed by atoms with Gasteiger partial charge in [0.1, 0.15) is 11.4 Å². The second-order valence-electron chi connectivity index (χ2n) is 9.38. The lowest BCUT2D eigenvalue weighted by Gasteiger charge is -2.34. The molecule has 5 rings (SSSR count). The zero-order chi connectivity index (χ0) is 25.9. The van der Waals surface area contributed by atoms with E-state index in [1.807, 2.05) is 17.0 Å². The van der Waals surface area contributed by atoms with Crippen molar-refractivity contribution in [2.45, 2.75) is 13.0 Å². The Morgan fingerprint density at radius 1 is 0.892 bits per heavy atom. The minimum Gasteiger partial charge on any atom is -0.493 e. The largest absolute Gasteiger partial charge is 0.493 e. The van der Waals surface area contributed by atoms with Gasteiger partial charge in [-0.25, -0.2) is 9.97 Å². The normalized spacial score (nSPS) is 15.8. The zero-order valence-electron chi connectivity index (χ0n) is 21.9. The Bertz CT molecular complexity index is 1260. The lowest BCUT2D eigenvalue weighted by molar-refractivity contribution is 0.0664. The molecule has 3 heterocycles. The van der Waals surface area contributed by atoms with Gasteiger partial charge in [0.25, 0.3) is 5.91 Å². The van der Waals surface area contributed by atoms with E-state index in [-0.39, 0.29) is 5.91 Å². The smallest absolute Gasteiger partial charge is 0.259 e. The van der Waals surface area contributed by atoms with Crippen LogP contribution in [0.5, 0.6) is 17.2 Å². The van der Waals surface area contributed by atoms with Crippen molar-refractivity contribution in [3.8, 4) is 28.6 Å². The minimum absolute atomic E-state index is 0.0293. The second kappa shape index (κ2) is 10.6. The van der Waals surface area contributed by atoms with Crippen LogP contribution in [0.3, 0.4) is 0 Å². The maximum absolute atomic E-state index is 13.7. The molecule has 1 saturated heterocycles. The molecule has 0 atom stereocenters. The fourth-order valence-electron chi connectivity index (χ4n) is 4.97. The fourth-order valence-corrected chi connectivity index (χ4v) is 4.97. The van der Waals surface area contributed by atoms with Gasteiger partial charge in [-0.1, -0.05) is 24.3 Å². The molecule has 0 aliphatic carbocycles. The van der Waals surface area contributed by atoms with Gasteiger partial charge < -0.3 is 28.9 Å². The number of carbonyl (C=O) groups excluding carboxylic acids is 1. The van der Waals surface area contributed by atoms with Crippen LogP contribution < -0.4 is 19.1 Å². The van der Waals surface area contributed by atoms with Crippen molar-refractivity contribution in [3.63, 3.8) is 0 Å². The average Bonchev–Trinajstić information content (AvgIpc) is 2.95. The summed E-state index contributed by atoms with van der Waals surface area (Å²) in [4.78, 5) is 29.6. The first-order valence-electron chi connectivity index (χ1n) is 12.5. The first kappa shape index (κ1) is 24.8. The van der Waals surface area contributed by atoms with Crippen molar-refractivity contribution < 1.29 is 19.0 Å². The van der Waals surface area contributed by atoms with Gasteiger partial charge in [-0.15, -0.1) is 0 Å². The van der Waals surface area contributed by atoms with E-state index < -0.39 is 0 Å². The summed E-state index contributed by atoms with van der Waals surface area (Å²) in [5, 5.41) is 0. The SMILES string of the molecule is COc1cc(-c2ncc(C(=O)N3CCN(C)CC3)c(N3CCc4ccccc4C3)n2)cc(OC)c1OC. The maximum atomic E-state index is 13.7. The Labute approximate surface area is 217 Å². The molecule has 1 amide bonds. The topological polar surface area (TPSA) is 80.3 Å². The van der Waals surface area contributed by atoms with Gasteiger partial charge in [0, 0.05) is 51.0 Å². The van der Waals surface area contributed by atoms with E-state index >= 15 is 0 Å². The average molecular weight is 504 g/mol. The zero-order valence-corrected chi connectivity index (χ0v) is 21.9. The number of hydrogen-bond acceptors (Lipinski definition) is 8. The molecule has 0 spiro atoms. The number of likely N-dealkylation sites (N-methyl/N-ethyl adjacent to an activating group) is 1. The number of nitrogens with zero attached hydrogens (tertiary/aromatic N) is 5. The van der Waals surface area contributed by atoms with Crippen LogP contribution in [-0.4, -0.2) is 86.8 Å². The van der Waals surface area contributed by atoms with Crippen LogP contribution in [0.15, 0.2) is 42.6 Å². The summed E-state index contributed by atoms with van der Waals surface area (Å²) in [5.74, 6) is 2.65. The van der Waals surface area contributed by atoms with Gasteiger partial charge in [-0.05, 0) is 36.7 Å². The molecule has 3 aromatic rings.